The van der Waals surface area contributed by atoms with Gasteiger partial charge in [-0.2, -0.15) is 0 Å². The van der Waals surface area contributed by atoms with Crippen LogP contribution < -0.4 is 0 Å². The topological polar surface area (TPSA) is 20.2 Å². The molecule has 0 saturated heterocycles. The molecule has 0 radical (unpaired) electrons. The van der Waals surface area contributed by atoms with Gasteiger partial charge in [-0.1, -0.05) is 23.4 Å². The standard InChI is InChI=1S/C12H8ClIOS/c13-8-1-4-10(5-2-8)16-12-6-3-9(15)7-11(12)14/h1-7,15H. The van der Waals surface area contributed by atoms with Crippen molar-refractivity contribution in [2.75, 3.05) is 0 Å². The second-order valence-electron chi connectivity index (χ2n) is 3.17. The third-order valence-electron chi connectivity index (χ3n) is 1.96. The van der Waals surface area contributed by atoms with Crippen molar-refractivity contribution in [3.8, 4) is 5.75 Å². The average molecular weight is 363 g/mol. The molecule has 16 heavy (non-hydrogen) atoms. The number of hydrogen-bond acceptors (Lipinski definition) is 2. The lowest BCUT2D eigenvalue weighted by molar-refractivity contribution is 0.474. The zero-order valence-corrected chi connectivity index (χ0v) is 11.9. The number of phenols is 1. The van der Waals surface area contributed by atoms with Gasteiger partial charge in [0.15, 0.2) is 0 Å². The van der Waals surface area contributed by atoms with Crippen LogP contribution in [0, 0.1) is 3.57 Å². The van der Waals surface area contributed by atoms with E-state index in [1.54, 1.807) is 23.9 Å². The Morgan fingerprint density at radius 3 is 2.38 bits per heavy atom. The maximum absolute atomic E-state index is 9.31. The summed E-state index contributed by atoms with van der Waals surface area (Å²) < 4.78 is 1.04. The number of aromatic hydroxyl groups is 1. The Kier molecular flexibility index (Phi) is 4.00. The molecule has 0 spiro atoms. The van der Waals surface area contributed by atoms with Crippen LogP contribution in [-0.2, 0) is 0 Å². The Bertz CT molecular complexity index is 499. The second kappa shape index (κ2) is 5.29. The van der Waals surface area contributed by atoms with E-state index >= 15 is 0 Å². The van der Waals surface area contributed by atoms with Gasteiger partial charge in [-0.3, -0.25) is 0 Å². The van der Waals surface area contributed by atoms with Crippen molar-refractivity contribution >= 4 is 46.0 Å². The SMILES string of the molecule is Oc1ccc(Sc2ccc(Cl)cc2)c(I)c1. The summed E-state index contributed by atoms with van der Waals surface area (Å²) in [5.74, 6) is 0.296. The minimum absolute atomic E-state index is 0.296. The molecule has 1 nitrogen and oxygen atoms in total. The molecule has 1 N–H and O–H groups in total. The molecule has 0 aromatic heterocycles. The van der Waals surface area contributed by atoms with Crippen LogP contribution >= 0.6 is 46.0 Å². The second-order valence-corrected chi connectivity index (χ2v) is 5.88. The minimum Gasteiger partial charge on any atom is -0.508 e. The molecule has 0 aliphatic carbocycles. The fraction of sp³-hybridized carbons (Fsp3) is 0. The monoisotopic (exact) mass is 362 g/mol. The predicted molar refractivity (Wildman–Crippen MR) is 76.4 cm³/mol. The van der Waals surface area contributed by atoms with Gasteiger partial charge < -0.3 is 5.11 Å². The molecule has 0 aliphatic heterocycles. The lowest BCUT2D eigenvalue weighted by atomic mass is 10.3. The van der Waals surface area contributed by atoms with Crippen LogP contribution in [0.4, 0.5) is 0 Å². The molecule has 82 valence electrons. The molecule has 2 aromatic rings. The first kappa shape index (κ1) is 12.1. The van der Waals surface area contributed by atoms with Crippen LogP contribution in [-0.4, -0.2) is 5.11 Å². The molecule has 0 heterocycles. The zero-order valence-electron chi connectivity index (χ0n) is 8.15. The normalized spacial score (nSPS) is 10.4. The third-order valence-corrected chi connectivity index (χ3v) is 4.55. The molecule has 2 rings (SSSR count). The summed E-state index contributed by atoms with van der Waals surface area (Å²) >= 11 is 9.69. The summed E-state index contributed by atoms with van der Waals surface area (Å²) in [5, 5.41) is 10.0. The van der Waals surface area contributed by atoms with E-state index in [0.29, 0.717) is 5.75 Å². The first-order chi connectivity index (χ1) is 7.65. The molecule has 0 amide bonds. The fourth-order valence-electron chi connectivity index (χ4n) is 1.20. The van der Waals surface area contributed by atoms with Gasteiger partial charge in [0, 0.05) is 18.4 Å². The lowest BCUT2D eigenvalue weighted by Crippen LogP contribution is -1.79. The highest BCUT2D eigenvalue weighted by atomic mass is 127. The molecular formula is C12H8ClIOS. The van der Waals surface area contributed by atoms with Crippen molar-refractivity contribution in [2.45, 2.75) is 9.79 Å². The Labute approximate surface area is 117 Å². The largest absolute Gasteiger partial charge is 0.508 e. The summed E-state index contributed by atoms with van der Waals surface area (Å²) in [5.41, 5.74) is 0. The van der Waals surface area contributed by atoms with Crippen LogP contribution in [0.1, 0.15) is 0 Å². The number of rotatable bonds is 2. The third kappa shape index (κ3) is 3.06. The van der Waals surface area contributed by atoms with E-state index < -0.39 is 0 Å². The van der Waals surface area contributed by atoms with E-state index in [9.17, 15) is 5.11 Å². The van der Waals surface area contributed by atoms with Gasteiger partial charge in [0.1, 0.15) is 5.75 Å². The summed E-state index contributed by atoms with van der Waals surface area (Å²) in [6.07, 6.45) is 0. The van der Waals surface area contributed by atoms with Crippen molar-refractivity contribution in [1.82, 2.24) is 0 Å². The van der Waals surface area contributed by atoms with Crippen molar-refractivity contribution in [2.24, 2.45) is 0 Å². The zero-order chi connectivity index (χ0) is 11.5. The predicted octanol–water partition coefficient (Wildman–Crippen LogP) is 4.80. The molecule has 0 aliphatic rings. The van der Waals surface area contributed by atoms with Crippen molar-refractivity contribution in [1.29, 1.82) is 0 Å². The quantitative estimate of drug-likeness (QED) is 0.774. The van der Waals surface area contributed by atoms with E-state index in [2.05, 4.69) is 22.6 Å². The smallest absolute Gasteiger partial charge is 0.116 e. The van der Waals surface area contributed by atoms with Gasteiger partial charge in [-0.25, -0.2) is 0 Å². The highest BCUT2D eigenvalue weighted by Gasteiger charge is 2.03. The van der Waals surface area contributed by atoms with Gasteiger partial charge in [-0.15, -0.1) is 0 Å². The van der Waals surface area contributed by atoms with Gasteiger partial charge >= 0.3 is 0 Å². The van der Waals surface area contributed by atoms with Gasteiger partial charge in [-0.05, 0) is 65.1 Å². The van der Waals surface area contributed by atoms with E-state index in [1.165, 1.54) is 0 Å². The fourth-order valence-corrected chi connectivity index (χ4v) is 2.98. The molecule has 0 bridgehead atoms. The molecule has 4 heteroatoms. The van der Waals surface area contributed by atoms with Crippen molar-refractivity contribution in [3.63, 3.8) is 0 Å². The Hall–Kier alpha value is -0.390. The number of halogens is 2. The van der Waals surface area contributed by atoms with Crippen LogP contribution in [0.15, 0.2) is 52.3 Å². The Balaban J connectivity index is 2.23. The number of phenolic OH excluding ortho intramolecular Hbond substituents is 1. The summed E-state index contributed by atoms with van der Waals surface area (Å²) in [6, 6.07) is 13.1. The van der Waals surface area contributed by atoms with E-state index in [1.807, 2.05) is 30.3 Å². The van der Waals surface area contributed by atoms with Gasteiger partial charge in [0.05, 0.1) is 0 Å². The Morgan fingerprint density at radius 2 is 1.75 bits per heavy atom. The van der Waals surface area contributed by atoms with E-state index in [0.717, 1.165) is 18.4 Å². The Morgan fingerprint density at radius 1 is 1.06 bits per heavy atom. The van der Waals surface area contributed by atoms with Crippen LogP contribution in [0.5, 0.6) is 5.75 Å². The number of benzene rings is 2. The van der Waals surface area contributed by atoms with Crippen molar-refractivity contribution < 1.29 is 5.11 Å². The van der Waals surface area contributed by atoms with E-state index in [-0.39, 0.29) is 0 Å². The molecule has 2 aromatic carbocycles. The van der Waals surface area contributed by atoms with Gasteiger partial charge in [0.2, 0.25) is 0 Å². The molecule has 0 fully saturated rings. The highest BCUT2D eigenvalue weighted by molar-refractivity contribution is 14.1. The maximum atomic E-state index is 9.31. The molecule has 0 atom stereocenters. The number of hydrogen-bond donors (Lipinski definition) is 1. The van der Waals surface area contributed by atoms with Crippen LogP contribution in [0.25, 0.3) is 0 Å². The first-order valence-electron chi connectivity index (χ1n) is 4.57. The maximum Gasteiger partial charge on any atom is 0.116 e. The summed E-state index contributed by atoms with van der Waals surface area (Å²) in [7, 11) is 0. The molecular weight excluding hydrogens is 355 g/mol. The van der Waals surface area contributed by atoms with Crippen LogP contribution in [0.2, 0.25) is 5.02 Å². The summed E-state index contributed by atoms with van der Waals surface area (Å²) in [6.45, 7) is 0. The van der Waals surface area contributed by atoms with E-state index in [4.69, 9.17) is 11.6 Å². The average Bonchev–Trinajstić information content (AvgIpc) is 2.25. The van der Waals surface area contributed by atoms with Gasteiger partial charge in [0.25, 0.3) is 0 Å². The minimum atomic E-state index is 0.296. The first-order valence-corrected chi connectivity index (χ1v) is 6.84. The lowest BCUT2D eigenvalue weighted by Gasteiger charge is -2.04. The summed E-state index contributed by atoms with van der Waals surface area (Å²) in [4.78, 5) is 2.26. The molecule has 0 unspecified atom stereocenters. The molecule has 0 saturated carbocycles. The van der Waals surface area contributed by atoms with Crippen LogP contribution in [0.3, 0.4) is 0 Å². The van der Waals surface area contributed by atoms with Crippen molar-refractivity contribution in [3.05, 3.63) is 51.1 Å². The highest BCUT2D eigenvalue weighted by Crippen LogP contribution is 2.33.